The van der Waals surface area contributed by atoms with Crippen LogP contribution in [0.15, 0.2) is 12.1 Å². The Hall–Kier alpha value is -2.39. The van der Waals surface area contributed by atoms with Gasteiger partial charge in [0.1, 0.15) is 18.8 Å². The highest BCUT2D eigenvalue weighted by Crippen LogP contribution is 2.35. The molecule has 0 aliphatic heterocycles. The van der Waals surface area contributed by atoms with Crippen LogP contribution in [0.3, 0.4) is 0 Å². The number of carbonyl (C=O) groups is 1. The maximum atomic E-state index is 11.1. The predicted molar refractivity (Wildman–Crippen MR) is 74.8 cm³/mol. The zero-order chi connectivity index (χ0) is 16.5. The number of nitro groups is 1. The molecule has 0 saturated carbocycles. The molecule has 1 N–H and O–H groups in total. The van der Waals surface area contributed by atoms with E-state index in [4.69, 9.17) is 24.1 Å². The second-order valence-electron chi connectivity index (χ2n) is 4.06. The number of nitro benzene ring substituents is 1. The Morgan fingerprint density at radius 2 is 1.59 bits per heavy atom. The summed E-state index contributed by atoms with van der Waals surface area (Å²) in [6.07, 6.45) is 0. The molecule has 0 atom stereocenters. The van der Waals surface area contributed by atoms with Crippen molar-refractivity contribution >= 4 is 11.7 Å². The molecule has 22 heavy (non-hydrogen) atoms. The van der Waals surface area contributed by atoms with Gasteiger partial charge in [-0.25, -0.2) is 4.79 Å². The van der Waals surface area contributed by atoms with E-state index in [0.29, 0.717) is 0 Å². The van der Waals surface area contributed by atoms with Crippen LogP contribution in [0.2, 0.25) is 0 Å². The molecule has 122 valence electrons. The van der Waals surface area contributed by atoms with Crippen molar-refractivity contribution in [3.63, 3.8) is 0 Å². The van der Waals surface area contributed by atoms with Crippen LogP contribution in [0.5, 0.6) is 11.5 Å². The average Bonchev–Trinajstić information content (AvgIpc) is 2.48. The molecule has 0 unspecified atom stereocenters. The van der Waals surface area contributed by atoms with Crippen LogP contribution in [0, 0.1) is 10.1 Å². The zero-order valence-corrected chi connectivity index (χ0v) is 12.2. The van der Waals surface area contributed by atoms with Gasteiger partial charge in [-0.3, -0.25) is 10.1 Å². The zero-order valence-electron chi connectivity index (χ0n) is 12.2. The number of aromatic carboxylic acids is 1. The molecule has 0 fully saturated rings. The van der Waals surface area contributed by atoms with Crippen LogP contribution >= 0.6 is 0 Å². The maximum Gasteiger partial charge on any atom is 0.342 e. The van der Waals surface area contributed by atoms with Crippen molar-refractivity contribution in [3.05, 3.63) is 27.8 Å². The van der Waals surface area contributed by atoms with Crippen molar-refractivity contribution in [2.75, 3.05) is 40.6 Å². The average molecular weight is 315 g/mol. The molecular weight excluding hydrogens is 298 g/mol. The molecule has 1 aromatic rings. The van der Waals surface area contributed by atoms with Crippen molar-refractivity contribution in [2.24, 2.45) is 0 Å². The Balaban J connectivity index is 3.14. The number of methoxy groups -OCH3 is 2. The summed E-state index contributed by atoms with van der Waals surface area (Å²) >= 11 is 0. The normalized spacial score (nSPS) is 10.3. The molecule has 0 aliphatic carbocycles. The van der Waals surface area contributed by atoms with Gasteiger partial charge in [-0.15, -0.1) is 0 Å². The van der Waals surface area contributed by atoms with E-state index in [-0.39, 0.29) is 37.9 Å². The second kappa shape index (κ2) is 8.80. The first-order chi connectivity index (χ1) is 10.5. The van der Waals surface area contributed by atoms with Crippen molar-refractivity contribution in [1.82, 2.24) is 0 Å². The Morgan fingerprint density at radius 1 is 1.09 bits per heavy atom. The third-order valence-corrected chi connectivity index (χ3v) is 2.58. The lowest BCUT2D eigenvalue weighted by Gasteiger charge is -2.13. The fraction of sp³-hybridized carbons (Fsp3) is 0.462. The first-order valence-electron chi connectivity index (χ1n) is 6.30. The SMILES string of the molecule is COCCOc1cc(C(=O)O)c([N+](=O)[O-])cc1OCCOC. The summed E-state index contributed by atoms with van der Waals surface area (Å²) in [6.45, 7) is 0.831. The van der Waals surface area contributed by atoms with Crippen LogP contribution in [-0.4, -0.2) is 56.6 Å². The van der Waals surface area contributed by atoms with Crippen LogP contribution in [0.25, 0.3) is 0 Å². The quantitative estimate of drug-likeness (QED) is 0.390. The summed E-state index contributed by atoms with van der Waals surface area (Å²) in [6, 6.07) is 2.10. The van der Waals surface area contributed by atoms with Gasteiger partial charge in [-0.05, 0) is 0 Å². The Kier molecular flexibility index (Phi) is 7.06. The minimum absolute atomic E-state index is 0.0739. The van der Waals surface area contributed by atoms with E-state index in [1.807, 2.05) is 0 Å². The highest BCUT2D eigenvalue weighted by Gasteiger charge is 2.24. The van der Waals surface area contributed by atoms with Crippen LogP contribution < -0.4 is 9.47 Å². The Morgan fingerprint density at radius 3 is 2.00 bits per heavy atom. The first-order valence-corrected chi connectivity index (χ1v) is 6.30. The third-order valence-electron chi connectivity index (χ3n) is 2.58. The fourth-order valence-electron chi connectivity index (χ4n) is 1.57. The molecule has 0 aliphatic rings. The van der Waals surface area contributed by atoms with Gasteiger partial charge in [-0.2, -0.15) is 0 Å². The lowest BCUT2D eigenvalue weighted by Crippen LogP contribution is -2.11. The number of nitrogens with zero attached hydrogens (tertiary/aromatic N) is 1. The Bertz CT molecular complexity index is 484. The van der Waals surface area contributed by atoms with Gasteiger partial charge < -0.3 is 24.1 Å². The van der Waals surface area contributed by atoms with E-state index in [1.54, 1.807) is 0 Å². The molecule has 0 bridgehead atoms. The highest BCUT2D eigenvalue weighted by molar-refractivity contribution is 5.93. The summed E-state index contributed by atoms with van der Waals surface area (Å²) < 4.78 is 20.4. The number of rotatable bonds is 10. The molecule has 9 heteroatoms. The van der Waals surface area contributed by atoms with Gasteiger partial charge in [0.2, 0.25) is 0 Å². The van der Waals surface area contributed by atoms with Crippen molar-refractivity contribution in [1.29, 1.82) is 0 Å². The molecule has 1 rings (SSSR count). The minimum atomic E-state index is -1.42. The third kappa shape index (κ3) is 4.86. The molecule has 0 heterocycles. The molecule has 0 aromatic heterocycles. The van der Waals surface area contributed by atoms with Gasteiger partial charge in [0.25, 0.3) is 5.69 Å². The van der Waals surface area contributed by atoms with E-state index in [2.05, 4.69) is 0 Å². The lowest BCUT2D eigenvalue weighted by molar-refractivity contribution is -0.385. The van der Waals surface area contributed by atoms with Gasteiger partial charge in [0, 0.05) is 20.3 Å². The summed E-state index contributed by atoms with van der Waals surface area (Å²) in [4.78, 5) is 21.3. The second-order valence-corrected chi connectivity index (χ2v) is 4.06. The summed E-state index contributed by atoms with van der Waals surface area (Å²) in [5, 5.41) is 20.1. The van der Waals surface area contributed by atoms with E-state index in [0.717, 1.165) is 12.1 Å². The number of hydrogen-bond acceptors (Lipinski definition) is 7. The van der Waals surface area contributed by atoms with E-state index < -0.39 is 22.1 Å². The minimum Gasteiger partial charge on any atom is -0.487 e. The highest BCUT2D eigenvalue weighted by atomic mass is 16.6. The standard InChI is InChI=1S/C13H17NO8/c1-19-3-5-21-11-7-9(13(15)16)10(14(17)18)8-12(11)22-6-4-20-2/h7-8H,3-6H2,1-2H3,(H,15,16). The van der Waals surface area contributed by atoms with Crippen LogP contribution in [0.4, 0.5) is 5.69 Å². The predicted octanol–water partition coefficient (Wildman–Crippen LogP) is 1.34. The van der Waals surface area contributed by atoms with Crippen LogP contribution in [0.1, 0.15) is 10.4 Å². The number of ether oxygens (including phenoxy) is 4. The summed E-state index contributed by atoms with van der Waals surface area (Å²) in [7, 11) is 2.97. The molecule has 1 aromatic carbocycles. The lowest BCUT2D eigenvalue weighted by atomic mass is 10.1. The maximum absolute atomic E-state index is 11.1. The van der Waals surface area contributed by atoms with Crippen molar-refractivity contribution in [2.45, 2.75) is 0 Å². The van der Waals surface area contributed by atoms with Gasteiger partial charge in [0.05, 0.1) is 24.2 Å². The van der Waals surface area contributed by atoms with Gasteiger partial charge in [-0.1, -0.05) is 0 Å². The molecule has 0 saturated heterocycles. The molecule has 0 amide bonds. The molecule has 0 spiro atoms. The molecule has 0 radical (unpaired) electrons. The van der Waals surface area contributed by atoms with Gasteiger partial charge in [0.15, 0.2) is 11.5 Å². The van der Waals surface area contributed by atoms with E-state index in [9.17, 15) is 14.9 Å². The largest absolute Gasteiger partial charge is 0.487 e. The number of carboxylic acids is 1. The number of benzene rings is 1. The molecular formula is C13H17NO8. The van der Waals surface area contributed by atoms with Gasteiger partial charge >= 0.3 is 5.97 Å². The summed E-state index contributed by atoms with van der Waals surface area (Å²) in [5.41, 5.74) is -1.05. The summed E-state index contributed by atoms with van der Waals surface area (Å²) in [5.74, 6) is -1.26. The van der Waals surface area contributed by atoms with Crippen molar-refractivity contribution < 1.29 is 33.8 Å². The molecule has 9 nitrogen and oxygen atoms in total. The van der Waals surface area contributed by atoms with Crippen LogP contribution in [-0.2, 0) is 9.47 Å². The smallest absolute Gasteiger partial charge is 0.342 e. The monoisotopic (exact) mass is 315 g/mol. The topological polar surface area (TPSA) is 117 Å². The first kappa shape index (κ1) is 17.7. The fourth-order valence-corrected chi connectivity index (χ4v) is 1.57. The van der Waals surface area contributed by atoms with Crippen molar-refractivity contribution in [3.8, 4) is 11.5 Å². The Labute approximate surface area is 126 Å². The van der Waals surface area contributed by atoms with E-state index in [1.165, 1.54) is 14.2 Å². The van der Waals surface area contributed by atoms with E-state index >= 15 is 0 Å². The number of carboxylic acid groups (broad SMARTS) is 1. The number of hydrogen-bond donors (Lipinski definition) is 1.